The molecule has 1 aromatic heterocycles. The van der Waals surface area contributed by atoms with Crippen molar-refractivity contribution in [1.82, 2.24) is 15.2 Å². The van der Waals surface area contributed by atoms with Crippen molar-refractivity contribution in [2.24, 2.45) is 0 Å². The number of pyridine rings is 1. The van der Waals surface area contributed by atoms with Gasteiger partial charge in [-0.25, -0.2) is 4.98 Å². The number of piperazine rings is 1. The number of nitrogens with one attached hydrogen (secondary N) is 1. The minimum absolute atomic E-state index is 0.514. The number of hydrogen-bond acceptors (Lipinski definition) is 3. The molecular weight excluding hydrogens is 257 g/mol. The average molecular weight is 274 g/mol. The van der Waals surface area contributed by atoms with Crippen molar-refractivity contribution >= 4 is 23.2 Å². The maximum absolute atomic E-state index is 6.22. The van der Waals surface area contributed by atoms with Crippen LogP contribution in [-0.2, 0) is 6.54 Å². The Balaban J connectivity index is 2.12. The van der Waals surface area contributed by atoms with Gasteiger partial charge < -0.3 is 5.32 Å². The Kier molecular flexibility index (Phi) is 4.26. The number of nitrogens with zero attached hydrogens (tertiary/aromatic N) is 2. The number of rotatable bonds is 2. The molecule has 0 radical (unpaired) electrons. The van der Waals surface area contributed by atoms with Gasteiger partial charge in [-0.3, -0.25) is 4.90 Å². The van der Waals surface area contributed by atoms with Crippen LogP contribution in [0.3, 0.4) is 0 Å². The van der Waals surface area contributed by atoms with Gasteiger partial charge in [0.05, 0.1) is 0 Å². The van der Waals surface area contributed by atoms with Gasteiger partial charge in [0.2, 0.25) is 0 Å². The lowest BCUT2D eigenvalue weighted by atomic mass is 10.2. The molecule has 0 aliphatic carbocycles. The Bertz CT molecular complexity index is 386. The van der Waals surface area contributed by atoms with Gasteiger partial charge in [0.15, 0.2) is 0 Å². The van der Waals surface area contributed by atoms with Crippen LogP contribution in [0.4, 0.5) is 0 Å². The zero-order chi connectivity index (χ0) is 12.4. The van der Waals surface area contributed by atoms with Gasteiger partial charge in [-0.15, -0.1) is 0 Å². The quantitative estimate of drug-likeness (QED) is 0.840. The molecule has 5 heteroatoms. The van der Waals surface area contributed by atoms with Crippen LogP contribution in [0.2, 0.25) is 10.2 Å². The molecule has 1 fully saturated rings. The van der Waals surface area contributed by atoms with E-state index in [9.17, 15) is 0 Å². The molecule has 1 atom stereocenters. The summed E-state index contributed by atoms with van der Waals surface area (Å²) in [6.45, 7) is 7.90. The number of aromatic nitrogens is 1. The van der Waals surface area contributed by atoms with Crippen molar-refractivity contribution in [1.29, 1.82) is 0 Å². The molecule has 0 amide bonds. The lowest BCUT2D eigenvalue weighted by molar-refractivity contribution is 0.199. The summed E-state index contributed by atoms with van der Waals surface area (Å²) in [5, 5.41) is 4.66. The highest BCUT2D eigenvalue weighted by Gasteiger charge is 2.18. The van der Waals surface area contributed by atoms with E-state index in [4.69, 9.17) is 23.2 Å². The molecule has 1 aromatic rings. The van der Waals surface area contributed by atoms with Gasteiger partial charge in [-0.2, -0.15) is 0 Å². The fourth-order valence-corrected chi connectivity index (χ4v) is 2.79. The Hall–Kier alpha value is -0.350. The summed E-state index contributed by atoms with van der Waals surface area (Å²) < 4.78 is 0. The highest BCUT2D eigenvalue weighted by atomic mass is 35.5. The Morgan fingerprint density at radius 1 is 1.53 bits per heavy atom. The van der Waals surface area contributed by atoms with Crippen LogP contribution in [0.1, 0.15) is 18.2 Å². The van der Waals surface area contributed by atoms with Gasteiger partial charge in [-0.05, 0) is 19.9 Å². The minimum atomic E-state index is 0.514. The fraction of sp³-hybridized carbons (Fsp3) is 0.583. The van der Waals surface area contributed by atoms with E-state index >= 15 is 0 Å². The molecule has 17 heavy (non-hydrogen) atoms. The third-order valence-corrected chi connectivity index (χ3v) is 3.63. The smallest absolute Gasteiger partial charge is 0.135 e. The van der Waals surface area contributed by atoms with Gasteiger partial charge in [0.1, 0.15) is 5.15 Å². The van der Waals surface area contributed by atoms with Crippen molar-refractivity contribution < 1.29 is 0 Å². The number of halogens is 2. The predicted octanol–water partition coefficient (Wildman–Crippen LogP) is 2.49. The summed E-state index contributed by atoms with van der Waals surface area (Å²) in [6.07, 6.45) is 0. The van der Waals surface area contributed by atoms with Crippen molar-refractivity contribution in [2.45, 2.75) is 26.4 Å². The first kappa shape index (κ1) is 13.1. The molecule has 1 aliphatic rings. The lowest BCUT2D eigenvalue weighted by Gasteiger charge is -2.32. The normalized spacial score (nSPS) is 21.8. The van der Waals surface area contributed by atoms with Gasteiger partial charge in [0.25, 0.3) is 0 Å². The van der Waals surface area contributed by atoms with Crippen LogP contribution in [-0.4, -0.2) is 35.6 Å². The van der Waals surface area contributed by atoms with Crippen LogP contribution in [0.15, 0.2) is 6.07 Å². The standard InChI is InChI=1S/C12H17Cl2N3/c1-8-5-11(13)10(12(14)16-8)7-17-4-3-15-9(2)6-17/h5,9,15H,3-4,6-7H2,1-2H3/t9-/m0/s1. The van der Waals surface area contributed by atoms with E-state index < -0.39 is 0 Å². The van der Waals surface area contributed by atoms with Crippen LogP contribution < -0.4 is 5.32 Å². The number of hydrogen-bond donors (Lipinski definition) is 1. The molecule has 0 unspecified atom stereocenters. The highest BCUT2D eigenvalue weighted by molar-refractivity contribution is 6.35. The lowest BCUT2D eigenvalue weighted by Crippen LogP contribution is -2.48. The Labute approximate surface area is 112 Å². The van der Waals surface area contributed by atoms with E-state index in [2.05, 4.69) is 22.1 Å². The molecular formula is C12H17Cl2N3. The van der Waals surface area contributed by atoms with Crippen molar-refractivity contribution in [3.8, 4) is 0 Å². The maximum Gasteiger partial charge on any atom is 0.135 e. The first-order valence-corrected chi connectivity index (χ1v) is 6.59. The first-order valence-electron chi connectivity index (χ1n) is 5.83. The van der Waals surface area contributed by atoms with E-state index in [0.29, 0.717) is 16.2 Å². The van der Waals surface area contributed by atoms with Crippen molar-refractivity contribution in [3.05, 3.63) is 27.5 Å². The Morgan fingerprint density at radius 3 is 2.94 bits per heavy atom. The molecule has 1 saturated heterocycles. The molecule has 2 rings (SSSR count). The summed E-state index contributed by atoms with van der Waals surface area (Å²) in [5.74, 6) is 0. The molecule has 1 aliphatic heterocycles. The molecule has 1 N–H and O–H groups in total. The largest absolute Gasteiger partial charge is 0.312 e. The van der Waals surface area contributed by atoms with Gasteiger partial charge >= 0.3 is 0 Å². The summed E-state index contributed by atoms with van der Waals surface area (Å²) in [5.41, 5.74) is 1.80. The predicted molar refractivity (Wildman–Crippen MR) is 71.7 cm³/mol. The first-order chi connectivity index (χ1) is 8.06. The van der Waals surface area contributed by atoms with Crippen molar-refractivity contribution in [2.75, 3.05) is 19.6 Å². The second-order valence-corrected chi connectivity index (χ2v) is 5.37. The second kappa shape index (κ2) is 5.53. The highest BCUT2D eigenvalue weighted by Crippen LogP contribution is 2.25. The molecule has 0 saturated carbocycles. The molecule has 0 spiro atoms. The van der Waals surface area contributed by atoms with Crippen LogP contribution in [0.5, 0.6) is 0 Å². The topological polar surface area (TPSA) is 28.2 Å². The van der Waals surface area contributed by atoms with E-state index in [1.54, 1.807) is 0 Å². The zero-order valence-corrected chi connectivity index (χ0v) is 11.6. The van der Waals surface area contributed by atoms with E-state index in [1.165, 1.54) is 0 Å². The monoisotopic (exact) mass is 273 g/mol. The Morgan fingerprint density at radius 2 is 2.29 bits per heavy atom. The van der Waals surface area contributed by atoms with Crippen LogP contribution in [0.25, 0.3) is 0 Å². The second-order valence-electron chi connectivity index (χ2n) is 4.61. The van der Waals surface area contributed by atoms with Gasteiger partial charge in [0, 0.05) is 48.5 Å². The van der Waals surface area contributed by atoms with E-state index in [1.807, 2.05) is 13.0 Å². The SMILES string of the molecule is Cc1cc(Cl)c(CN2CCN[C@@H](C)C2)c(Cl)n1. The fourth-order valence-electron chi connectivity index (χ4n) is 2.14. The maximum atomic E-state index is 6.22. The number of aryl methyl sites for hydroxylation is 1. The zero-order valence-electron chi connectivity index (χ0n) is 10.1. The van der Waals surface area contributed by atoms with E-state index in [0.717, 1.165) is 37.4 Å². The molecule has 2 heterocycles. The molecule has 3 nitrogen and oxygen atoms in total. The summed E-state index contributed by atoms with van der Waals surface area (Å²) in [7, 11) is 0. The summed E-state index contributed by atoms with van der Waals surface area (Å²) in [4.78, 5) is 6.61. The van der Waals surface area contributed by atoms with Crippen molar-refractivity contribution in [3.63, 3.8) is 0 Å². The van der Waals surface area contributed by atoms with E-state index in [-0.39, 0.29) is 0 Å². The minimum Gasteiger partial charge on any atom is -0.312 e. The third kappa shape index (κ3) is 3.32. The third-order valence-electron chi connectivity index (χ3n) is 2.98. The molecule has 0 bridgehead atoms. The average Bonchev–Trinajstić information content (AvgIpc) is 2.23. The summed E-state index contributed by atoms with van der Waals surface area (Å²) in [6, 6.07) is 2.38. The van der Waals surface area contributed by atoms with Crippen LogP contribution in [0, 0.1) is 6.92 Å². The molecule has 94 valence electrons. The van der Waals surface area contributed by atoms with Crippen LogP contribution >= 0.6 is 23.2 Å². The van der Waals surface area contributed by atoms with Gasteiger partial charge in [-0.1, -0.05) is 23.2 Å². The molecule has 0 aromatic carbocycles. The summed E-state index contributed by atoms with van der Waals surface area (Å²) >= 11 is 12.4.